The monoisotopic (exact) mass is 807 g/mol. The lowest BCUT2D eigenvalue weighted by atomic mass is 9.97. The van der Waals surface area contributed by atoms with E-state index in [1.807, 2.05) is 54.6 Å². The molecule has 0 saturated carbocycles. The number of para-hydroxylation sites is 2. The molecule has 0 aliphatic carbocycles. The molecule has 0 unspecified atom stereocenters. The normalized spacial score (nSPS) is 11.8. The second-order valence-corrected chi connectivity index (χ2v) is 15.8. The van der Waals surface area contributed by atoms with Crippen LogP contribution in [0.15, 0.2) is 209 Å². The predicted octanol–water partition coefficient (Wildman–Crippen LogP) is 14.5. The molecule has 294 valence electrons. The Morgan fingerprint density at radius 3 is 1.63 bits per heavy atom. The fourth-order valence-electron chi connectivity index (χ4n) is 9.25. The average molecular weight is 808 g/mol. The first-order chi connectivity index (χ1) is 31.2. The van der Waals surface area contributed by atoms with Crippen molar-refractivity contribution in [2.45, 2.75) is 0 Å². The van der Waals surface area contributed by atoms with E-state index < -0.39 is 0 Å². The van der Waals surface area contributed by atoms with E-state index >= 15 is 0 Å². The van der Waals surface area contributed by atoms with Crippen LogP contribution in [-0.4, -0.2) is 24.5 Å². The average Bonchev–Trinajstić information content (AvgIpc) is 4.06. The van der Waals surface area contributed by atoms with E-state index in [4.69, 9.17) is 28.8 Å². The molecule has 9 aromatic carbocycles. The first-order valence-electron chi connectivity index (χ1n) is 21.0. The molecule has 0 fully saturated rings. The van der Waals surface area contributed by atoms with Crippen LogP contribution in [0, 0.1) is 0 Å². The lowest BCUT2D eigenvalue weighted by molar-refractivity contribution is 0.622. The molecule has 0 radical (unpaired) electrons. The van der Waals surface area contributed by atoms with Gasteiger partial charge in [-0.3, -0.25) is 0 Å². The summed E-state index contributed by atoms with van der Waals surface area (Å²) in [4.78, 5) is 20.7. The molecular weight excluding hydrogens is 775 g/mol. The van der Waals surface area contributed by atoms with Gasteiger partial charge in [0, 0.05) is 44.1 Å². The van der Waals surface area contributed by atoms with Crippen molar-refractivity contribution in [1.82, 2.24) is 24.5 Å². The molecule has 63 heavy (non-hydrogen) atoms. The maximum absolute atomic E-state index is 6.70. The zero-order chi connectivity index (χ0) is 41.4. The fourth-order valence-corrected chi connectivity index (χ4v) is 9.25. The molecule has 0 bridgehead atoms. The Bertz CT molecular complexity index is 3850. The fraction of sp³-hybridized carbons (Fsp3) is 0. The Morgan fingerprint density at radius 1 is 0.349 bits per heavy atom. The van der Waals surface area contributed by atoms with Gasteiger partial charge in [0.2, 0.25) is 5.89 Å². The molecule has 0 amide bonds. The van der Waals surface area contributed by atoms with Crippen molar-refractivity contribution >= 4 is 65.6 Å². The van der Waals surface area contributed by atoms with Crippen LogP contribution in [0.25, 0.3) is 128 Å². The van der Waals surface area contributed by atoms with Gasteiger partial charge in [0.1, 0.15) is 16.7 Å². The Morgan fingerprint density at radius 2 is 0.921 bits per heavy atom. The number of rotatable bonds is 6. The van der Waals surface area contributed by atoms with Crippen LogP contribution in [-0.2, 0) is 0 Å². The van der Waals surface area contributed by atoms with Gasteiger partial charge in [-0.25, -0.2) is 19.9 Å². The van der Waals surface area contributed by atoms with Crippen LogP contribution in [0.1, 0.15) is 0 Å². The smallest absolute Gasteiger partial charge is 0.227 e. The van der Waals surface area contributed by atoms with E-state index in [0.29, 0.717) is 40.1 Å². The zero-order valence-electron chi connectivity index (χ0n) is 33.6. The summed E-state index contributed by atoms with van der Waals surface area (Å²) in [6.07, 6.45) is 0. The van der Waals surface area contributed by atoms with Crippen LogP contribution >= 0.6 is 0 Å². The highest BCUT2D eigenvalue weighted by Gasteiger charge is 2.23. The Hall–Kier alpha value is -8.68. The number of aromatic nitrogens is 5. The van der Waals surface area contributed by atoms with E-state index in [-0.39, 0.29) is 0 Å². The van der Waals surface area contributed by atoms with Gasteiger partial charge in [-0.1, -0.05) is 133 Å². The van der Waals surface area contributed by atoms with Gasteiger partial charge in [-0.15, -0.1) is 0 Å². The van der Waals surface area contributed by atoms with Crippen molar-refractivity contribution in [3.05, 3.63) is 200 Å². The van der Waals surface area contributed by atoms with Crippen molar-refractivity contribution in [2.24, 2.45) is 0 Å². The minimum atomic E-state index is 0.541. The molecule has 4 heterocycles. The summed E-state index contributed by atoms with van der Waals surface area (Å²) in [5.41, 5.74) is 11.9. The lowest BCUT2D eigenvalue weighted by Crippen LogP contribution is -2.02. The second-order valence-electron chi connectivity index (χ2n) is 15.8. The van der Waals surface area contributed by atoms with Crippen molar-refractivity contribution in [3.8, 4) is 62.4 Å². The second kappa shape index (κ2) is 13.9. The van der Waals surface area contributed by atoms with Crippen molar-refractivity contribution in [3.63, 3.8) is 0 Å². The standard InChI is InChI=1S/C56H33N5O2/c1-3-15-34(16-4-1)38-19-7-10-24-43(38)54-58-53(35-27-29-37(30-28-35)61-46-25-13-11-21-40(46)41-22-12-14-26-47(41)61)59-55(60-54)44-33-49-50(42-23-9-8-20-39(42)44)51-48(62-49)32-31-45-52(51)63-56(57-45)36-17-5-2-6-18-36/h1-33H. The number of furan rings is 1. The maximum atomic E-state index is 6.70. The Kier molecular flexibility index (Phi) is 7.77. The number of benzene rings is 9. The molecule has 13 rings (SSSR count). The SMILES string of the molecule is c1ccc(-c2nc3ccc4oc5cc(-c6nc(-c7ccc(-n8c9ccccc9c9ccccc98)cc7)nc(-c7ccccc7-c7ccccc7)n6)c6ccccc6c5c4c3o2)cc1. The summed E-state index contributed by atoms with van der Waals surface area (Å²) in [5.74, 6) is 2.25. The molecule has 7 heteroatoms. The van der Waals surface area contributed by atoms with Gasteiger partial charge in [-0.05, 0) is 88.6 Å². The van der Waals surface area contributed by atoms with Gasteiger partial charge in [0.25, 0.3) is 0 Å². The first kappa shape index (κ1) is 35.1. The predicted molar refractivity (Wildman–Crippen MR) is 254 cm³/mol. The van der Waals surface area contributed by atoms with Crippen LogP contribution < -0.4 is 0 Å². The van der Waals surface area contributed by atoms with Gasteiger partial charge in [-0.2, -0.15) is 0 Å². The highest BCUT2D eigenvalue weighted by molar-refractivity contribution is 6.27. The summed E-state index contributed by atoms with van der Waals surface area (Å²) in [6, 6.07) is 68.7. The number of fused-ring (bicyclic) bond motifs is 10. The summed E-state index contributed by atoms with van der Waals surface area (Å²) >= 11 is 0. The minimum absolute atomic E-state index is 0.541. The molecule has 0 spiro atoms. The third-order valence-corrected chi connectivity index (χ3v) is 12.1. The van der Waals surface area contributed by atoms with Crippen molar-refractivity contribution in [2.75, 3.05) is 0 Å². The highest BCUT2D eigenvalue weighted by Crippen LogP contribution is 2.44. The number of hydrogen-bond acceptors (Lipinski definition) is 6. The Labute approximate surface area is 360 Å². The lowest BCUT2D eigenvalue weighted by Gasteiger charge is -2.14. The first-order valence-corrected chi connectivity index (χ1v) is 21.0. The summed E-state index contributed by atoms with van der Waals surface area (Å²) in [7, 11) is 0. The molecule has 0 atom stereocenters. The Balaban J connectivity index is 1.02. The van der Waals surface area contributed by atoms with Gasteiger partial charge in [0.15, 0.2) is 23.1 Å². The largest absolute Gasteiger partial charge is 0.456 e. The minimum Gasteiger partial charge on any atom is -0.456 e. The van der Waals surface area contributed by atoms with E-state index in [2.05, 4.69) is 150 Å². The van der Waals surface area contributed by atoms with E-state index in [1.54, 1.807) is 0 Å². The van der Waals surface area contributed by atoms with Gasteiger partial charge in [0.05, 0.1) is 16.4 Å². The van der Waals surface area contributed by atoms with Crippen molar-refractivity contribution in [1.29, 1.82) is 0 Å². The summed E-state index contributed by atoms with van der Waals surface area (Å²) in [5, 5.41) is 6.26. The van der Waals surface area contributed by atoms with E-state index in [9.17, 15) is 0 Å². The number of oxazole rings is 1. The van der Waals surface area contributed by atoms with Gasteiger partial charge >= 0.3 is 0 Å². The van der Waals surface area contributed by atoms with Crippen LogP contribution in [0.4, 0.5) is 0 Å². The highest BCUT2D eigenvalue weighted by atomic mass is 16.4. The number of hydrogen-bond donors (Lipinski definition) is 0. The van der Waals surface area contributed by atoms with Crippen LogP contribution in [0.2, 0.25) is 0 Å². The van der Waals surface area contributed by atoms with E-state index in [0.717, 1.165) is 77.2 Å². The third kappa shape index (κ3) is 5.60. The molecule has 7 nitrogen and oxygen atoms in total. The molecule has 4 aromatic heterocycles. The van der Waals surface area contributed by atoms with E-state index in [1.165, 1.54) is 10.8 Å². The molecular formula is C56H33N5O2. The molecule has 0 saturated heterocycles. The molecule has 13 aromatic rings. The molecule has 0 aliphatic heterocycles. The zero-order valence-corrected chi connectivity index (χ0v) is 33.6. The molecule has 0 aliphatic rings. The summed E-state index contributed by atoms with van der Waals surface area (Å²) < 4.78 is 15.6. The maximum Gasteiger partial charge on any atom is 0.227 e. The summed E-state index contributed by atoms with van der Waals surface area (Å²) in [6.45, 7) is 0. The molecule has 0 N–H and O–H groups in total. The van der Waals surface area contributed by atoms with Crippen molar-refractivity contribution < 1.29 is 8.83 Å². The quantitative estimate of drug-likeness (QED) is 0.166. The van der Waals surface area contributed by atoms with Crippen LogP contribution in [0.5, 0.6) is 0 Å². The van der Waals surface area contributed by atoms with Gasteiger partial charge < -0.3 is 13.4 Å². The number of nitrogens with zero attached hydrogens (tertiary/aromatic N) is 5. The third-order valence-electron chi connectivity index (χ3n) is 12.1. The van der Waals surface area contributed by atoms with Crippen LogP contribution in [0.3, 0.4) is 0 Å². The topological polar surface area (TPSA) is 82.8 Å².